The summed E-state index contributed by atoms with van der Waals surface area (Å²) in [5, 5.41) is 3.73. The van der Waals surface area contributed by atoms with Gasteiger partial charge in [0.1, 0.15) is 0 Å². The van der Waals surface area contributed by atoms with Crippen LogP contribution in [0, 0.1) is 0 Å². The third-order valence-corrected chi connectivity index (χ3v) is 4.72. The number of hydrogen-bond acceptors (Lipinski definition) is 3. The van der Waals surface area contributed by atoms with Crippen LogP contribution in [-0.2, 0) is 4.79 Å². The Labute approximate surface area is 136 Å². The number of aromatic nitrogens is 1. The lowest BCUT2D eigenvalue weighted by Gasteiger charge is -2.17. The van der Waals surface area contributed by atoms with Crippen LogP contribution in [0.2, 0.25) is 0 Å². The zero-order valence-corrected chi connectivity index (χ0v) is 14.1. The van der Waals surface area contributed by atoms with Gasteiger partial charge in [0.05, 0.1) is 10.3 Å². The molecule has 1 amide bonds. The van der Waals surface area contributed by atoms with Gasteiger partial charge in [-0.05, 0) is 43.0 Å². The van der Waals surface area contributed by atoms with E-state index in [-0.39, 0.29) is 11.2 Å². The molecular formula is C18H22N2OS. The van der Waals surface area contributed by atoms with E-state index in [1.165, 1.54) is 17.3 Å². The number of nitrogens with one attached hydrogen (secondary N) is 1. The first-order chi connectivity index (χ1) is 10.6. The number of carbonyl (C=O) groups is 1. The Morgan fingerprint density at radius 1 is 1.18 bits per heavy atom. The van der Waals surface area contributed by atoms with Gasteiger partial charge in [-0.25, -0.2) is 4.98 Å². The maximum Gasteiger partial charge on any atom is 0.237 e. The van der Waals surface area contributed by atoms with E-state index in [0.717, 1.165) is 17.1 Å². The van der Waals surface area contributed by atoms with Gasteiger partial charge >= 0.3 is 0 Å². The van der Waals surface area contributed by atoms with Crippen molar-refractivity contribution in [3.8, 4) is 0 Å². The summed E-state index contributed by atoms with van der Waals surface area (Å²) in [7, 11) is 0. The largest absolute Gasteiger partial charge is 0.325 e. The highest BCUT2D eigenvalue weighted by molar-refractivity contribution is 8.00. The van der Waals surface area contributed by atoms with Crippen molar-refractivity contribution in [1.29, 1.82) is 0 Å². The van der Waals surface area contributed by atoms with E-state index < -0.39 is 0 Å². The molecule has 1 aromatic heterocycles. The highest BCUT2D eigenvalue weighted by atomic mass is 32.2. The first-order valence-corrected chi connectivity index (χ1v) is 8.47. The first kappa shape index (κ1) is 16.6. The van der Waals surface area contributed by atoms with Crippen molar-refractivity contribution < 1.29 is 4.79 Å². The van der Waals surface area contributed by atoms with Gasteiger partial charge < -0.3 is 5.32 Å². The third kappa shape index (κ3) is 4.34. The van der Waals surface area contributed by atoms with Gasteiger partial charge in [0.2, 0.25) is 5.91 Å². The number of anilines is 1. The summed E-state index contributed by atoms with van der Waals surface area (Å²) >= 11 is 1.47. The number of para-hydroxylation sites is 1. The zero-order chi connectivity index (χ0) is 15.9. The molecule has 0 aliphatic carbocycles. The van der Waals surface area contributed by atoms with Gasteiger partial charge in [-0.3, -0.25) is 4.79 Å². The molecule has 0 fully saturated rings. The second-order valence-electron chi connectivity index (χ2n) is 5.31. The predicted molar refractivity (Wildman–Crippen MR) is 93.3 cm³/mol. The second kappa shape index (κ2) is 7.99. The Hall–Kier alpha value is -1.81. The van der Waals surface area contributed by atoms with Crippen LogP contribution in [0.4, 0.5) is 5.69 Å². The van der Waals surface area contributed by atoms with Crippen LogP contribution in [0.1, 0.15) is 38.7 Å². The number of carbonyl (C=O) groups excluding carboxylic acids is 1. The molecule has 0 radical (unpaired) electrons. The number of amides is 1. The summed E-state index contributed by atoms with van der Waals surface area (Å²) in [5.74, 6) is 0.432. The summed E-state index contributed by atoms with van der Waals surface area (Å²) in [5.41, 5.74) is 2.10. The predicted octanol–water partition coefficient (Wildman–Crippen LogP) is 4.71. The summed E-state index contributed by atoms with van der Waals surface area (Å²) in [6.07, 6.45) is 2.79. The van der Waals surface area contributed by atoms with E-state index >= 15 is 0 Å². The highest BCUT2D eigenvalue weighted by Crippen LogP contribution is 2.28. The van der Waals surface area contributed by atoms with Crippen molar-refractivity contribution in [2.24, 2.45) is 0 Å². The van der Waals surface area contributed by atoms with Gasteiger partial charge in [0.25, 0.3) is 0 Å². The SMILES string of the molecule is CCC(C)c1ccccc1NC(=O)C(C)Sc1ccccn1. The number of rotatable bonds is 6. The molecule has 0 saturated carbocycles. The molecule has 0 saturated heterocycles. The van der Waals surface area contributed by atoms with Crippen LogP contribution in [0.5, 0.6) is 0 Å². The lowest BCUT2D eigenvalue weighted by atomic mass is 9.97. The molecule has 2 aromatic rings. The minimum Gasteiger partial charge on any atom is -0.325 e. The summed E-state index contributed by atoms with van der Waals surface area (Å²) in [4.78, 5) is 16.7. The molecule has 22 heavy (non-hydrogen) atoms. The lowest BCUT2D eigenvalue weighted by Crippen LogP contribution is -2.23. The van der Waals surface area contributed by atoms with E-state index in [2.05, 4.69) is 30.2 Å². The summed E-state index contributed by atoms with van der Waals surface area (Å²) in [6.45, 7) is 6.24. The molecule has 3 nitrogen and oxygen atoms in total. The molecule has 1 N–H and O–H groups in total. The summed E-state index contributed by atoms with van der Waals surface area (Å²) < 4.78 is 0. The molecule has 0 spiro atoms. The van der Waals surface area contributed by atoms with Gasteiger partial charge in [-0.2, -0.15) is 0 Å². The van der Waals surface area contributed by atoms with Crippen molar-refractivity contribution in [2.45, 2.75) is 43.4 Å². The molecular weight excluding hydrogens is 292 g/mol. The van der Waals surface area contributed by atoms with Gasteiger partial charge in [0.15, 0.2) is 0 Å². The van der Waals surface area contributed by atoms with E-state index in [0.29, 0.717) is 5.92 Å². The topological polar surface area (TPSA) is 42.0 Å². The smallest absolute Gasteiger partial charge is 0.237 e. The molecule has 2 unspecified atom stereocenters. The van der Waals surface area contributed by atoms with Crippen LogP contribution in [0.25, 0.3) is 0 Å². The minimum atomic E-state index is -0.195. The van der Waals surface area contributed by atoms with Crippen LogP contribution in [-0.4, -0.2) is 16.1 Å². The van der Waals surface area contributed by atoms with E-state index in [9.17, 15) is 4.79 Å². The maximum atomic E-state index is 12.4. The molecule has 2 rings (SSSR count). The molecule has 116 valence electrons. The standard InChI is InChI=1S/C18H22N2OS/c1-4-13(2)15-9-5-6-10-16(15)20-18(21)14(3)22-17-11-7-8-12-19-17/h5-14H,4H2,1-3H3,(H,20,21). The monoisotopic (exact) mass is 314 g/mol. The van der Waals surface area contributed by atoms with E-state index in [4.69, 9.17) is 0 Å². The minimum absolute atomic E-state index is 0.00593. The molecule has 4 heteroatoms. The van der Waals surface area contributed by atoms with Crippen molar-refractivity contribution >= 4 is 23.4 Å². The Bertz CT molecular complexity index is 615. The quantitative estimate of drug-likeness (QED) is 0.785. The molecule has 1 heterocycles. The highest BCUT2D eigenvalue weighted by Gasteiger charge is 2.17. The summed E-state index contributed by atoms with van der Waals surface area (Å²) in [6, 6.07) is 13.7. The van der Waals surface area contributed by atoms with Crippen molar-refractivity contribution in [2.75, 3.05) is 5.32 Å². The fourth-order valence-corrected chi connectivity index (χ4v) is 2.95. The van der Waals surface area contributed by atoms with Crippen molar-refractivity contribution in [3.63, 3.8) is 0 Å². The Kier molecular flexibility index (Phi) is 6.01. The van der Waals surface area contributed by atoms with Crippen LogP contribution >= 0.6 is 11.8 Å². The number of nitrogens with zero attached hydrogens (tertiary/aromatic N) is 1. The van der Waals surface area contributed by atoms with Crippen LogP contribution in [0.15, 0.2) is 53.7 Å². The van der Waals surface area contributed by atoms with Crippen molar-refractivity contribution in [1.82, 2.24) is 4.98 Å². The molecule has 1 aromatic carbocycles. The Morgan fingerprint density at radius 2 is 1.91 bits per heavy atom. The van der Waals surface area contributed by atoms with Gasteiger partial charge in [-0.1, -0.05) is 49.9 Å². The number of hydrogen-bond donors (Lipinski definition) is 1. The Balaban J connectivity index is 2.05. The molecule has 0 aliphatic heterocycles. The van der Waals surface area contributed by atoms with Crippen LogP contribution in [0.3, 0.4) is 0 Å². The van der Waals surface area contributed by atoms with Gasteiger partial charge in [-0.15, -0.1) is 0 Å². The fourth-order valence-electron chi connectivity index (χ4n) is 2.15. The molecule has 0 bridgehead atoms. The van der Waals surface area contributed by atoms with E-state index in [1.807, 2.05) is 43.3 Å². The number of pyridine rings is 1. The van der Waals surface area contributed by atoms with Crippen LogP contribution < -0.4 is 5.32 Å². The molecule has 2 atom stereocenters. The van der Waals surface area contributed by atoms with Gasteiger partial charge in [0, 0.05) is 11.9 Å². The zero-order valence-electron chi connectivity index (χ0n) is 13.2. The average molecular weight is 314 g/mol. The third-order valence-electron chi connectivity index (χ3n) is 3.67. The van der Waals surface area contributed by atoms with Crippen molar-refractivity contribution in [3.05, 3.63) is 54.2 Å². The second-order valence-corrected chi connectivity index (χ2v) is 6.67. The first-order valence-electron chi connectivity index (χ1n) is 7.59. The number of thioether (sulfide) groups is 1. The maximum absolute atomic E-state index is 12.4. The normalized spacial score (nSPS) is 13.4. The average Bonchev–Trinajstić information content (AvgIpc) is 2.55. The van der Waals surface area contributed by atoms with E-state index in [1.54, 1.807) is 6.20 Å². The lowest BCUT2D eigenvalue weighted by molar-refractivity contribution is -0.115. The Morgan fingerprint density at radius 3 is 2.59 bits per heavy atom. The molecule has 0 aliphatic rings. The number of benzene rings is 1. The fraction of sp³-hybridized carbons (Fsp3) is 0.333.